The number of ether oxygens (including phenoxy) is 4. The number of benzene rings is 1. The van der Waals surface area contributed by atoms with Crippen molar-refractivity contribution in [2.24, 2.45) is 5.92 Å². The number of carbonyl (C=O) groups is 1. The molecule has 0 bridgehead atoms. The molecule has 2 aliphatic rings. The van der Waals surface area contributed by atoms with Gasteiger partial charge < -0.3 is 23.8 Å². The zero-order valence-corrected chi connectivity index (χ0v) is 22.8. The third kappa shape index (κ3) is 8.70. The van der Waals surface area contributed by atoms with E-state index < -0.39 is 15.4 Å². The molecule has 1 saturated heterocycles. The Labute approximate surface area is 211 Å². The molecule has 1 aromatic carbocycles. The van der Waals surface area contributed by atoms with E-state index in [2.05, 4.69) is 15.9 Å². The van der Waals surface area contributed by atoms with Crippen LogP contribution in [0.3, 0.4) is 0 Å². The number of piperidine rings is 1. The van der Waals surface area contributed by atoms with Crippen LogP contribution in [0.5, 0.6) is 5.75 Å². The monoisotopic (exact) mass is 561 g/mol. The summed E-state index contributed by atoms with van der Waals surface area (Å²) in [5, 5.41) is 0. The first-order chi connectivity index (χ1) is 15.9. The van der Waals surface area contributed by atoms with Gasteiger partial charge in [-0.1, -0.05) is 0 Å². The molecule has 1 aromatic rings. The van der Waals surface area contributed by atoms with E-state index in [0.717, 1.165) is 25.7 Å². The Kier molecular flexibility index (Phi) is 9.28. The van der Waals surface area contributed by atoms with Crippen LogP contribution >= 0.6 is 15.9 Å². The van der Waals surface area contributed by atoms with Gasteiger partial charge in [0.15, 0.2) is 9.84 Å². The van der Waals surface area contributed by atoms with Crippen molar-refractivity contribution >= 4 is 31.9 Å². The van der Waals surface area contributed by atoms with Crippen LogP contribution in [0.2, 0.25) is 0 Å². The molecule has 34 heavy (non-hydrogen) atoms. The molecular formula is C24H36BrNO7S. The number of likely N-dealkylation sites (tertiary alicyclic amines) is 1. The summed E-state index contributed by atoms with van der Waals surface area (Å²) in [6.45, 7) is 8.27. The fourth-order valence-corrected chi connectivity index (χ4v) is 4.98. The normalized spacial score (nSPS) is 18.6. The second kappa shape index (κ2) is 11.6. The molecule has 1 saturated carbocycles. The van der Waals surface area contributed by atoms with Crippen molar-refractivity contribution in [3.8, 4) is 5.75 Å². The molecule has 0 spiro atoms. The lowest BCUT2D eigenvalue weighted by atomic mass is 10.1. The van der Waals surface area contributed by atoms with Crippen LogP contribution in [-0.4, -0.2) is 76.4 Å². The highest BCUT2D eigenvalue weighted by Gasteiger charge is 2.33. The van der Waals surface area contributed by atoms with Crippen molar-refractivity contribution in [3.63, 3.8) is 0 Å². The number of hydrogen-bond donors (Lipinski definition) is 0. The summed E-state index contributed by atoms with van der Waals surface area (Å²) in [4.78, 5) is 14.1. The molecule has 0 aromatic heterocycles. The summed E-state index contributed by atoms with van der Waals surface area (Å²) in [5.41, 5.74) is -0.487. The fourth-order valence-electron chi connectivity index (χ4n) is 3.71. The van der Waals surface area contributed by atoms with Crippen molar-refractivity contribution in [2.75, 3.05) is 39.2 Å². The third-order valence-corrected chi connectivity index (χ3v) is 7.44. The van der Waals surface area contributed by atoms with Gasteiger partial charge in [-0.15, -0.1) is 0 Å². The summed E-state index contributed by atoms with van der Waals surface area (Å²) in [5.74, 6) is 1.06. The quantitative estimate of drug-likeness (QED) is 0.390. The molecule has 0 radical (unpaired) electrons. The molecule has 10 heteroatoms. The van der Waals surface area contributed by atoms with Gasteiger partial charge in [0.1, 0.15) is 17.5 Å². The first-order valence-corrected chi connectivity index (χ1v) is 14.4. The molecule has 3 rings (SSSR count). The van der Waals surface area contributed by atoms with Crippen LogP contribution in [0.25, 0.3) is 0 Å². The minimum atomic E-state index is -3.27. The minimum Gasteiger partial charge on any atom is -0.487 e. The van der Waals surface area contributed by atoms with Crippen LogP contribution in [0, 0.1) is 5.92 Å². The number of sulfone groups is 1. The number of hydrogen-bond acceptors (Lipinski definition) is 7. The van der Waals surface area contributed by atoms with Crippen LogP contribution in [0.4, 0.5) is 4.79 Å². The molecule has 1 aliphatic carbocycles. The standard InChI is InChI=1S/C24H36BrNO7S/c1-24(2,3)33-23(27)26-11-9-18(10-12-26)31-14-13-30-16-22(17-5-6-17)32-21-8-7-19(15-20(21)25)34(4,28)29/h7-8,15,17-18,22H,5-6,9-14,16H2,1-4H3. The Bertz CT molecular complexity index is 935. The van der Waals surface area contributed by atoms with E-state index in [9.17, 15) is 13.2 Å². The SMILES string of the molecule is CC(C)(C)OC(=O)N1CCC(OCCOCC(Oc2ccc(S(C)(=O)=O)cc2Br)C2CC2)CC1. The maximum absolute atomic E-state index is 12.2. The van der Waals surface area contributed by atoms with Gasteiger partial charge in [0.05, 0.1) is 35.3 Å². The summed E-state index contributed by atoms with van der Waals surface area (Å²) >= 11 is 3.42. The van der Waals surface area contributed by atoms with Crippen LogP contribution in [0.15, 0.2) is 27.6 Å². The Morgan fingerprint density at radius 3 is 2.38 bits per heavy atom. The van der Waals surface area contributed by atoms with E-state index >= 15 is 0 Å². The van der Waals surface area contributed by atoms with Gasteiger partial charge in [-0.2, -0.15) is 0 Å². The Balaban J connectivity index is 1.36. The lowest BCUT2D eigenvalue weighted by Crippen LogP contribution is -2.43. The number of rotatable bonds is 10. The largest absolute Gasteiger partial charge is 0.487 e. The highest BCUT2D eigenvalue weighted by molar-refractivity contribution is 9.10. The highest BCUT2D eigenvalue weighted by atomic mass is 79.9. The average Bonchev–Trinajstić information content (AvgIpc) is 3.57. The van der Waals surface area contributed by atoms with Gasteiger partial charge in [-0.3, -0.25) is 0 Å². The summed E-state index contributed by atoms with van der Waals surface area (Å²) in [6, 6.07) is 4.81. The molecule has 8 nitrogen and oxygen atoms in total. The van der Waals surface area contributed by atoms with E-state index in [1.165, 1.54) is 6.26 Å². The molecule has 1 atom stereocenters. The van der Waals surface area contributed by atoms with E-state index in [0.29, 0.717) is 49.1 Å². The minimum absolute atomic E-state index is 0.0857. The Hall–Kier alpha value is -1.36. The number of halogens is 1. The van der Waals surface area contributed by atoms with Crippen molar-refractivity contribution in [1.82, 2.24) is 4.90 Å². The van der Waals surface area contributed by atoms with Crippen molar-refractivity contribution in [2.45, 2.75) is 69.2 Å². The van der Waals surface area contributed by atoms with E-state index in [1.807, 2.05) is 20.8 Å². The van der Waals surface area contributed by atoms with Crippen LogP contribution in [0.1, 0.15) is 46.5 Å². The van der Waals surface area contributed by atoms with Gasteiger partial charge in [0.2, 0.25) is 0 Å². The van der Waals surface area contributed by atoms with Gasteiger partial charge in [0, 0.05) is 19.3 Å². The van der Waals surface area contributed by atoms with E-state index in [1.54, 1.807) is 23.1 Å². The molecule has 1 unspecified atom stereocenters. The number of carbonyl (C=O) groups excluding carboxylic acids is 1. The Morgan fingerprint density at radius 2 is 1.82 bits per heavy atom. The van der Waals surface area contributed by atoms with Crippen molar-refractivity contribution in [3.05, 3.63) is 22.7 Å². The summed E-state index contributed by atoms with van der Waals surface area (Å²) < 4.78 is 47.4. The fraction of sp³-hybridized carbons (Fsp3) is 0.708. The number of nitrogens with zero attached hydrogens (tertiary/aromatic N) is 1. The second-order valence-electron chi connectivity index (χ2n) is 9.97. The Morgan fingerprint density at radius 1 is 1.15 bits per heavy atom. The molecule has 2 fully saturated rings. The maximum Gasteiger partial charge on any atom is 0.410 e. The van der Waals surface area contributed by atoms with E-state index in [-0.39, 0.29) is 23.2 Å². The predicted molar refractivity (Wildman–Crippen MR) is 132 cm³/mol. The number of amides is 1. The molecule has 1 amide bonds. The van der Waals surface area contributed by atoms with Crippen molar-refractivity contribution < 1.29 is 32.2 Å². The predicted octanol–water partition coefficient (Wildman–Crippen LogP) is 4.44. The molecule has 1 aliphatic heterocycles. The zero-order chi connectivity index (χ0) is 24.9. The van der Waals surface area contributed by atoms with Gasteiger partial charge in [-0.25, -0.2) is 13.2 Å². The van der Waals surface area contributed by atoms with Gasteiger partial charge in [-0.05, 0) is 86.5 Å². The van der Waals surface area contributed by atoms with Crippen LogP contribution < -0.4 is 4.74 Å². The first-order valence-electron chi connectivity index (χ1n) is 11.8. The molecule has 192 valence electrons. The van der Waals surface area contributed by atoms with Crippen LogP contribution in [-0.2, 0) is 24.0 Å². The lowest BCUT2D eigenvalue weighted by Gasteiger charge is -2.33. The second-order valence-corrected chi connectivity index (χ2v) is 12.8. The molecular weight excluding hydrogens is 526 g/mol. The smallest absolute Gasteiger partial charge is 0.410 e. The lowest BCUT2D eigenvalue weighted by molar-refractivity contribution is -0.0393. The van der Waals surface area contributed by atoms with E-state index in [4.69, 9.17) is 18.9 Å². The maximum atomic E-state index is 12.2. The van der Waals surface area contributed by atoms with Crippen molar-refractivity contribution in [1.29, 1.82) is 0 Å². The topological polar surface area (TPSA) is 91.4 Å². The van der Waals surface area contributed by atoms with Gasteiger partial charge in [0.25, 0.3) is 0 Å². The highest BCUT2D eigenvalue weighted by Crippen LogP contribution is 2.37. The molecule has 0 N–H and O–H groups in total. The average molecular weight is 563 g/mol. The first kappa shape index (κ1) is 27.2. The zero-order valence-electron chi connectivity index (χ0n) is 20.4. The molecule has 1 heterocycles. The summed E-state index contributed by atoms with van der Waals surface area (Å²) in [7, 11) is -3.27. The van der Waals surface area contributed by atoms with Gasteiger partial charge >= 0.3 is 6.09 Å². The summed E-state index contributed by atoms with van der Waals surface area (Å²) in [6.07, 6.45) is 4.70. The third-order valence-electron chi connectivity index (χ3n) is 5.71.